The van der Waals surface area contributed by atoms with Crippen molar-refractivity contribution in [2.75, 3.05) is 6.61 Å². The lowest BCUT2D eigenvalue weighted by molar-refractivity contribution is 0.0961. The maximum Gasteiger partial charge on any atom is 0.255 e. The Morgan fingerprint density at radius 1 is 1.56 bits per heavy atom. The third-order valence-corrected chi connectivity index (χ3v) is 3.22. The summed E-state index contributed by atoms with van der Waals surface area (Å²) in [6, 6.07) is 4.22. The fraction of sp³-hybridized carbons (Fsp3) is 0.643. The molecule has 18 heavy (non-hydrogen) atoms. The summed E-state index contributed by atoms with van der Waals surface area (Å²) in [6.45, 7) is 6.28. The van der Waals surface area contributed by atoms with E-state index in [2.05, 4.69) is 19.2 Å². The zero-order chi connectivity index (χ0) is 13.0. The molecule has 4 heteroatoms. The highest BCUT2D eigenvalue weighted by molar-refractivity contribution is 5.10. The molecule has 100 valence electrons. The SMILES string of the molecule is CC(C)NCc1cccn(CC2CCCO2)c1=O. The quantitative estimate of drug-likeness (QED) is 0.861. The Kier molecular flexibility index (Phi) is 4.55. The highest BCUT2D eigenvalue weighted by Crippen LogP contribution is 2.13. The smallest absolute Gasteiger partial charge is 0.255 e. The normalized spacial score (nSPS) is 19.6. The second-order valence-electron chi connectivity index (χ2n) is 5.16. The number of nitrogens with zero attached hydrogens (tertiary/aromatic N) is 1. The van der Waals surface area contributed by atoms with Gasteiger partial charge in [0.15, 0.2) is 0 Å². The summed E-state index contributed by atoms with van der Waals surface area (Å²) in [5, 5.41) is 3.28. The van der Waals surface area contributed by atoms with Crippen LogP contribution in [0.25, 0.3) is 0 Å². The van der Waals surface area contributed by atoms with Gasteiger partial charge in [-0.25, -0.2) is 0 Å². The Bertz CT molecular complexity index is 434. The number of hydrogen-bond donors (Lipinski definition) is 1. The summed E-state index contributed by atoms with van der Waals surface area (Å²) in [7, 11) is 0. The maximum atomic E-state index is 12.2. The van der Waals surface area contributed by atoms with E-state index in [1.807, 2.05) is 18.3 Å². The average molecular weight is 250 g/mol. The average Bonchev–Trinajstić information content (AvgIpc) is 2.83. The molecule has 1 fully saturated rings. The van der Waals surface area contributed by atoms with Crippen LogP contribution in [-0.2, 0) is 17.8 Å². The van der Waals surface area contributed by atoms with Crippen LogP contribution in [0.1, 0.15) is 32.3 Å². The molecular weight excluding hydrogens is 228 g/mol. The van der Waals surface area contributed by atoms with Gasteiger partial charge in [0.05, 0.1) is 12.6 Å². The van der Waals surface area contributed by atoms with E-state index < -0.39 is 0 Å². The van der Waals surface area contributed by atoms with E-state index in [4.69, 9.17) is 4.74 Å². The van der Waals surface area contributed by atoms with Crippen LogP contribution in [0.5, 0.6) is 0 Å². The van der Waals surface area contributed by atoms with Crippen molar-refractivity contribution in [3.8, 4) is 0 Å². The van der Waals surface area contributed by atoms with Crippen molar-refractivity contribution in [1.29, 1.82) is 0 Å². The van der Waals surface area contributed by atoms with Gasteiger partial charge in [0.2, 0.25) is 0 Å². The van der Waals surface area contributed by atoms with Gasteiger partial charge in [-0.05, 0) is 18.9 Å². The fourth-order valence-corrected chi connectivity index (χ4v) is 2.19. The molecule has 1 N–H and O–H groups in total. The molecule has 4 nitrogen and oxygen atoms in total. The number of pyridine rings is 1. The van der Waals surface area contributed by atoms with Gasteiger partial charge in [-0.1, -0.05) is 19.9 Å². The maximum absolute atomic E-state index is 12.2. The zero-order valence-corrected chi connectivity index (χ0v) is 11.2. The van der Waals surface area contributed by atoms with Crippen LogP contribution in [-0.4, -0.2) is 23.3 Å². The molecule has 1 unspecified atom stereocenters. The van der Waals surface area contributed by atoms with Crippen LogP contribution in [0, 0.1) is 0 Å². The van der Waals surface area contributed by atoms with E-state index >= 15 is 0 Å². The first kappa shape index (κ1) is 13.3. The van der Waals surface area contributed by atoms with E-state index in [9.17, 15) is 4.79 Å². The summed E-state index contributed by atoms with van der Waals surface area (Å²) in [6.07, 6.45) is 4.22. The molecule has 2 rings (SSSR count). The zero-order valence-electron chi connectivity index (χ0n) is 11.2. The lowest BCUT2D eigenvalue weighted by Gasteiger charge is -2.13. The number of rotatable bonds is 5. The molecule has 1 aliphatic heterocycles. The van der Waals surface area contributed by atoms with Gasteiger partial charge in [0.25, 0.3) is 5.56 Å². The van der Waals surface area contributed by atoms with Crippen molar-refractivity contribution >= 4 is 0 Å². The largest absolute Gasteiger partial charge is 0.376 e. The fourth-order valence-electron chi connectivity index (χ4n) is 2.19. The first-order valence-corrected chi connectivity index (χ1v) is 6.70. The highest BCUT2D eigenvalue weighted by Gasteiger charge is 2.16. The minimum Gasteiger partial charge on any atom is -0.376 e. The van der Waals surface area contributed by atoms with Gasteiger partial charge in [0.1, 0.15) is 0 Å². The van der Waals surface area contributed by atoms with Crippen LogP contribution in [0.3, 0.4) is 0 Å². The monoisotopic (exact) mass is 250 g/mol. The van der Waals surface area contributed by atoms with Gasteiger partial charge in [0, 0.05) is 31.0 Å². The Balaban J connectivity index is 2.06. The van der Waals surface area contributed by atoms with E-state index in [0.717, 1.165) is 25.0 Å². The Hall–Kier alpha value is -1.13. The predicted octanol–water partition coefficient (Wildman–Crippen LogP) is 1.53. The van der Waals surface area contributed by atoms with Gasteiger partial charge in [-0.15, -0.1) is 0 Å². The van der Waals surface area contributed by atoms with Gasteiger partial charge < -0.3 is 14.6 Å². The Labute approximate surface area is 108 Å². The lowest BCUT2D eigenvalue weighted by atomic mass is 10.2. The van der Waals surface area contributed by atoms with Crippen molar-refractivity contribution in [2.24, 2.45) is 0 Å². The summed E-state index contributed by atoms with van der Waals surface area (Å²) in [5.41, 5.74) is 0.922. The van der Waals surface area contributed by atoms with Crippen LogP contribution < -0.4 is 10.9 Å². The third kappa shape index (κ3) is 3.43. The molecular formula is C14H22N2O2. The Morgan fingerprint density at radius 3 is 3.06 bits per heavy atom. The molecule has 0 bridgehead atoms. The number of aromatic nitrogens is 1. The number of hydrogen-bond acceptors (Lipinski definition) is 3. The van der Waals surface area contributed by atoms with Crippen molar-refractivity contribution < 1.29 is 4.74 Å². The second-order valence-corrected chi connectivity index (χ2v) is 5.16. The number of nitrogens with one attached hydrogen (secondary N) is 1. The Morgan fingerprint density at radius 2 is 2.39 bits per heavy atom. The molecule has 0 amide bonds. The lowest BCUT2D eigenvalue weighted by Crippen LogP contribution is -2.31. The van der Waals surface area contributed by atoms with E-state index in [1.165, 1.54) is 0 Å². The van der Waals surface area contributed by atoms with Gasteiger partial charge in [-0.2, -0.15) is 0 Å². The highest BCUT2D eigenvalue weighted by atomic mass is 16.5. The molecule has 1 aliphatic rings. The molecule has 1 aromatic heterocycles. The van der Waals surface area contributed by atoms with Gasteiger partial charge >= 0.3 is 0 Å². The van der Waals surface area contributed by atoms with Crippen LogP contribution >= 0.6 is 0 Å². The van der Waals surface area contributed by atoms with Crippen molar-refractivity contribution in [1.82, 2.24) is 9.88 Å². The topological polar surface area (TPSA) is 43.3 Å². The molecule has 0 spiro atoms. The van der Waals surface area contributed by atoms with Crippen molar-refractivity contribution in [3.63, 3.8) is 0 Å². The molecule has 1 saturated heterocycles. The predicted molar refractivity (Wildman–Crippen MR) is 71.7 cm³/mol. The van der Waals surface area contributed by atoms with Crippen LogP contribution in [0.4, 0.5) is 0 Å². The standard InChI is InChI=1S/C14H22N2O2/c1-11(2)15-9-12-5-3-7-16(14(12)17)10-13-6-4-8-18-13/h3,5,7,11,13,15H,4,6,8-10H2,1-2H3. The van der Waals surface area contributed by atoms with E-state index in [1.54, 1.807) is 4.57 Å². The first-order chi connectivity index (χ1) is 8.66. The molecule has 1 aromatic rings. The first-order valence-electron chi connectivity index (χ1n) is 6.70. The molecule has 0 aliphatic carbocycles. The summed E-state index contributed by atoms with van der Waals surface area (Å²) < 4.78 is 7.35. The third-order valence-electron chi connectivity index (χ3n) is 3.22. The molecule has 1 atom stereocenters. The molecule has 0 aromatic carbocycles. The van der Waals surface area contributed by atoms with Crippen molar-refractivity contribution in [2.45, 2.75) is 51.9 Å². The van der Waals surface area contributed by atoms with Crippen LogP contribution in [0.2, 0.25) is 0 Å². The summed E-state index contributed by atoms with van der Waals surface area (Å²) >= 11 is 0. The summed E-state index contributed by atoms with van der Waals surface area (Å²) in [4.78, 5) is 12.2. The van der Waals surface area contributed by atoms with Crippen LogP contribution in [0.15, 0.2) is 23.1 Å². The second kappa shape index (κ2) is 6.16. The molecule has 0 radical (unpaired) electrons. The number of ether oxygens (including phenoxy) is 1. The van der Waals surface area contributed by atoms with E-state index in [-0.39, 0.29) is 11.7 Å². The molecule has 2 heterocycles. The van der Waals surface area contributed by atoms with E-state index in [0.29, 0.717) is 19.1 Å². The minimum atomic E-state index is 0.0983. The summed E-state index contributed by atoms with van der Waals surface area (Å²) in [5.74, 6) is 0. The van der Waals surface area contributed by atoms with Gasteiger partial charge in [-0.3, -0.25) is 4.79 Å². The molecule has 0 saturated carbocycles. The minimum absolute atomic E-state index is 0.0983. The van der Waals surface area contributed by atoms with Crippen molar-refractivity contribution in [3.05, 3.63) is 34.2 Å².